The molecule has 0 spiro atoms. The number of ether oxygens (including phenoxy) is 2. The SMILES string of the molecule is COc1cc(C(CC=C(C)C)SC(=O)c2ccc(C(F)(F)F)cc2)c(OC)c2c(N=O)ccc(NO)c12. The van der Waals surface area contributed by atoms with E-state index in [1.54, 1.807) is 6.07 Å². The van der Waals surface area contributed by atoms with E-state index in [-0.39, 0.29) is 33.8 Å². The van der Waals surface area contributed by atoms with Crippen molar-refractivity contribution in [2.45, 2.75) is 31.7 Å². The number of nitrogens with zero attached hydrogens (tertiary/aromatic N) is 1. The maximum absolute atomic E-state index is 13.2. The van der Waals surface area contributed by atoms with Crippen LogP contribution in [0.25, 0.3) is 10.8 Å². The van der Waals surface area contributed by atoms with E-state index in [4.69, 9.17) is 9.47 Å². The molecular formula is C26H25F3N2O5S. The number of allylic oxidation sites excluding steroid dienone is 2. The predicted molar refractivity (Wildman–Crippen MR) is 138 cm³/mol. The minimum absolute atomic E-state index is 0.0334. The van der Waals surface area contributed by atoms with Crippen LogP contribution in [0.3, 0.4) is 0 Å². The van der Waals surface area contributed by atoms with E-state index in [0.717, 1.165) is 41.6 Å². The second kappa shape index (κ2) is 11.7. The molecule has 1 unspecified atom stereocenters. The summed E-state index contributed by atoms with van der Waals surface area (Å²) in [4.78, 5) is 24.8. The average molecular weight is 535 g/mol. The van der Waals surface area contributed by atoms with Gasteiger partial charge in [0.15, 0.2) is 0 Å². The molecule has 37 heavy (non-hydrogen) atoms. The third-order valence-electron chi connectivity index (χ3n) is 5.63. The highest BCUT2D eigenvalue weighted by atomic mass is 32.2. The number of hydrogen-bond donors (Lipinski definition) is 2. The average Bonchev–Trinajstić information content (AvgIpc) is 2.88. The van der Waals surface area contributed by atoms with Gasteiger partial charge in [-0.25, -0.2) is 0 Å². The Bertz CT molecular complexity index is 1340. The van der Waals surface area contributed by atoms with E-state index in [9.17, 15) is 28.1 Å². The molecule has 0 saturated heterocycles. The first-order chi connectivity index (χ1) is 17.5. The van der Waals surface area contributed by atoms with Crippen molar-refractivity contribution in [3.8, 4) is 11.5 Å². The topological polar surface area (TPSA) is 97.2 Å². The van der Waals surface area contributed by atoms with Gasteiger partial charge in [0.1, 0.15) is 17.2 Å². The van der Waals surface area contributed by atoms with E-state index in [2.05, 4.69) is 10.7 Å². The van der Waals surface area contributed by atoms with Gasteiger partial charge in [0.05, 0.1) is 36.2 Å². The van der Waals surface area contributed by atoms with Gasteiger partial charge >= 0.3 is 6.18 Å². The number of nitroso groups, excluding NO2 is 1. The van der Waals surface area contributed by atoms with E-state index in [1.165, 1.54) is 26.4 Å². The van der Waals surface area contributed by atoms with Gasteiger partial charge < -0.3 is 9.47 Å². The molecule has 1 atom stereocenters. The Balaban J connectivity index is 2.18. The highest BCUT2D eigenvalue weighted by Crippen LogP contribution is 2.50. The Morgan fingerprint density at radius 3 is 2.30 bits per heavy atom. The van der Waals surface area contributed by atoms with Gasteiger partial charge in [-0.3, -0.25) is 15.5 Å². The Hall–Kier alpha value is -3.57. The zero-order valence-electron chi connectivity index (χ0n) is 20.5. The number of fused-ring (bicyclic) bond motifs is 1. The van der Waals surface area contributed by atoms with Crippen molar-refractivity contribution < 1.29 is 32.6 Å². The maximum Gasteiger partial charge on any atom is 0.416 e. The number of benzene rings is 3. The van der Waals surface area contributed by atoms with E-state index >= 15 is 0 Å². The summed E-state index contributed by atoms with van der Waals surface area (Å²) >= 11 is 0.913. The van der Waals surface area contributed by atoms with Crippen LogP contribution in [0.15, 0.2) is 59.3 Å². The van der Waals surface area contributed by atoms with Gasteiger partial charge in [-0.1, -0.05) is 23.4 Å². The summed E-state index contributed by atoms with van der Waals surface area (Å²) in [6, 6.07) is 8.53. The second-order valence-electron chi connectivity index (χ2n) is 8.27. The summed E-state index contributed by atoms with van der Waals surface area (Å²) in [5, 5.41) is 12.4. The van der Waals surface area contributed by atoms with Crippen LogP contribution in [-0.2, 0) is 6.18 Å². The minimum Gasteiger partial charge on any atom is -0.496 e. The van der Waals surface area contributed by atoms with Crippen molar-refractivity contribution in [2.24, 2.45) is 5.18 Å². The molecule has 0 bridgehead atoms. The van der Waals surface area contributed by atoms with Gasteiger partial charge in [-0.2, -0.15) is 13.2 Å². The molecule has 0 aromatic heterocycles. The third kappa shape index (κ3) is 6.05. The van der Waals surface area contributed by atoms with Crippen molar-refractivity contribution in [2.75, 3.05) is 19.7 Å². The fourth-order valence-corrected chi connectivity index (χ4v) is 4.89. The Labute approximate surface area is 215 Å². The molecule has 0 fully saturated rings. The number of rotatable bonds is 9. The lowest BCUT2D eigenvalue weighted by Crippen LogP contribution is -2.07. The number of alkyl halides is 3. The fourth-order valence-electron chi connectivity index (χ4n) is 3.86. The highest BCUT2D eigenvalue weighted by molar-refractivity contribution is 8.14. The first-order valence-electron chi connectivity index (χ1n) is 11.0. The monoisotopic (exact) mass is 534 g/mol. The van der Waals surface area contributed by atoms with Crippen molar-refractivity contribution in [3.05, 3.63) is 75.7 Å². The first-order valence-corrected chi connectivity index (χ1v) is 11.9. The predicted octanol–water partition coefficient (Wildman–Crippen LogP) is 8.05. The van der Waals surface area contributed by atoms with Crippen LogP contribution in [0.4, 0.5) is 24.5 Å². The number of nitrogens with one attached hydrogen (secondary N) is 1. The van der Waals surface area contributed by atoms with Crippen LogP contribution in [-0.4, -0.2) is 24.5 Å². The molecule has 0 heterocycles. The Morgan fingerprint density at radius 1 is 1.11 bits per heavy atom. The smallest absolute Gasteiger partial charge is 0.416 e. The number of carbonyl (C=O) groups excluding carboxylic acids is 1. The van der Waals surface area contributed by atoms with Gasteiger partial charge in [0.25, 0.3) is 0 Å². The summed E-state index contributed by atoms with van der Waals surface area (Å²) < 4.78 is 50.1. The molecule has 196 valence electrons. The molecule has 0 saturated carbocycles. The molecule has 7 nitrogen and oxygen atoms in total. The second-order valence-corrected chi connectivity index (χ2v) is 9.45. The Morgan fingerprint density at radius 2 is 1.78 bits per heavy atom. The molecule has 3 rings (SSSR count). The number of halogens is 3. The van der Waals surface area contributed by atoms with Crippen LogP contribution >= 0.6 is 11.8 Å². The fraction of sp³-hybridized carbons (Fsp3) is 0.269. The first kappa shape index (κ1) is 28.0. The molecule has 2 N–H and O–H groups in total. The van der Waals surface area contributed by atoms with Gasteiger partial charge in [0, 0.05) is 16.4 Å². The molecule has 0 aliphatic carbocycles. The number of anilines is 1. The summed E-state index contributed by atoms with van der Waals surface area (Å²) in [5.41, 5.74) is 3.11. The number of hydrogen-bond acceptors (Lipinski definition) is 8. The third-order valence-corrected chi connectivity index (χ3v) is 6.81. The summed E-state index contributed by atoms with van der Waals surface area (Å²) in [6.07, 6.45) is -2.23. The van der Waals surface area contributed by atoms with Gasteiger partial charge in [-0.05, 0) is 67.9 Å². The number of methoxy groups -OCH3 is 2. The largest absolute Gasteiger partial charge is 0.496 e. The lowest BCUT2D eigenvalue weighted by molar-refractivity contribution is -0.137. The normalized spacial score (nSPS) is 12.1. The van der Waals surface area contributed by atoms with Gasteiger partial charge in [0.2, 0.25) is 5.12 Å². The molecule has 3 aromatic carbocycles. The lowest BCUT2D eigenvalue weighted by Gasteiger charge is -2.22. The van der Waals surface area contributed by atoms with Crippen molar-refractivity contribution >= 4 is 39.0 Å². The van der Waals surface area contributed by atoms with Crippen LogP contribution in [0.1, 0.15) is 47.0 Å². The summed E-state index contributed by atoms with van der Waals surface area (Å²) in [5.74, 6) is 0.542. The molecule has 0 amide bonds. The summed E-state index contributed by atoms with van der Waals surface area (Å²) in [7, 11) is 2.82. The van der Waals surface area contributed by atoms with E-state index in [1.807, 2.05) is 19.9 Å². The van der Waals surface area contributed by atoms with Gasteiger partial charge in [-0.15, -0.1) is 4.91 Å². The van der Waals surface area contributed by atoms with Crippen LogP contribution < -0.4 is 15.0 Å². The molecular weight excluding hydrogens is 509 g/mol. The molecule has 11 heteroatoms. The zero-order valence-corrected chi connectivity index (χ0v) is 21.3. The van der Waals surface area contributed by atoms with Crippen LogP contribution in [0, 0.1) is 4.91 Å². The minimum atomic E-state index is -4.51. The number of carbonyl (C=O) groups is 1. The van der Waals surface area contributed by atoms with Crippen LogP contribution in [0.2, 0.25) is 0 Å². The molecule has 0 aliphatic rings. The van der Waals surface area contributed by atoms with Crippen LogP contribution in [0.5, 0.6) is 11.5 Å². The standard InChI is InChI=1S/C26H25F3N2O5S/c1-14(2)5-12-21(37-25(32)15-6-8-16(9-7-15)26(27,28)29)17-13-20(35-3)22-18(30-33)10-11-19(31-34)23(22)24(17)36-4/h5-11,13,21,30,33H,12H2,1-4H3. The summed E-state index contributed by atoms with van der Waals surface area (Å²) in [6.45, 7) is 3.79. The number of thioether (sulfide) groups is 1. The van der Waals surface area contributed by atoms with Crippen molar-refractivity contribution in [1.82, 2.24) is 0 Å². The molecule has 0 aliphatic heterocycles. The maximum atomic E-state index is 13.2. The lowest BCUT2D eigenvalue weighted by atomic mass is 9.97. The quantitative estimate of drug-likeness (QED) is 0.163. The van der Waals surface area contributed by atoms with Crippen molar-refractivity contribution in [3.63, 3.8) is 0 Å². The molecule has 0 radical (unpaired) electrons. The van der Waals surface area contributed by atoms with E-state index < -0.39 is 22.1 Å². The zero-order chi connectivity index (χ0) is 27.3. The highest BCUT2D eigenvalue weighted by Gasteiger charge is 2.31. The van der Waals surface area contributed by atoms with Crippen molar-refractivity contribution in [1.29, 1.82) is 0 Å². The Kier molecular flexibility index (Phi) is 8.82. The van der Waals surface area contributed by atoms with E-state index in [0.29, 0.717) is 17.4 Å². The molecule has 3 aromatic rings.